The fourth-order valence-corrected chi connectivity index (χ4v) is 2.13. The minimum atomic E-state index is -0.887. The van der Waals surface area contributed by atoms with Gasteiger partial charge in [0.15, 0.2) is 6.29 Å². The Morgan fingerprint density at radius 1 is 1.20 bits per heavy atom. The third-order valence-electron chi connectivity index (χ3n) is 3.60. The fourth-order valence-electron chi connectivity index (χ4n) is 2.13. The number of hydrogen-bond donors (Lipinski definition) is 3. The number of rotatable bonds is 3. The maximum Gasteiger partial charge on any atom is 0.300 e. The number of carbonyl (C=O) groups excluding carboxylic acids is 1. The van der Waals surface area contributed by atoms with Crippen LogP contribution in [0.5, 0.6) is 0 Å². The Kier molecular flexibility index (Phi) is 8.41. The summed E-state index contributed by atoms with van der Waals surface area (Å²) in [5.41, 5.74) is 0. The van der Waals surface area contributed by atoms with Gasteiger partial charge < -0.3 is 20.3 Å². The number of carboxylic acids is 1. The lowest BCUT2D eigenvalue weighted by molar-refractivity contribution is -0.207. The molecule has 118 valence electrons. The number of aliphatic hydroxyl groups is 1. The Labute approximate surface area is 120 Å². The zero-order chi connectivity index (χ0) is 15.9. The number of ether oxygens (including phenoxy) is 1. The first-order valence-corrected chi connectivity index (χ1v) is 7.03. The van der Waals surface area contributed by atoms with Crippen LogP contribution in [0.2, 0.25) is 0 Å². The lowest BCUT2D eigenvalue weighted by Crippen LogP contribution is -2.56. The second-order valence-corrected chi connectivity index (χ2v) is 5.31. The van der Waals surface area contributed by atoms with Crippen LogP contribution >= 0.6 is 0 Å². The molecule has 0 radical (unpaired) electrons. The van der Waals surface area contributed by atoms with Crippen molar-refractivity contribution in [2.75, 3.05) is 0 Å². The summed E-state index contributed by atoms with van der Waals surface area (Å²) in [7, 11) is 0. The van der Waals surface area contributed by atoms with E-state index in [9.17, 15) is 9.90 Å². The summed E-state index contributed by atoms with van der Waals surface area (Å²) in [6.07, 6.45) is 0.460. The van der Waals surface area contributed by atoms with E-state index in [0.29, 0.717) is 12.3 Å². The molecule has 1 heterocycles. The first-order valence-electron chi connectivity index (χ1n) is 7.03. The van der Waals surface area contributed by atoms with Gasteiger partial charge in [0.1, 0.15) is 0 Å². The Morgan fingerprint density at radius 3 is 2.15 bits per heavy atom. The molecule has 0 aliphatic carbocycles. The quantitative estimate of drug-likeness (QED) is 0.729. The predicted molar refractivity (Wildman–Crippen MR) is 75.0 cm³/mol. The van der Waals surface area contributed by atoms with Crippen molar-refractivity contribution in [3.05, 3.63) is 0 Å². The molecule has 1 aliphatic rings. The van der Waals surface area contributed by atoms with Gasteiger partial charge in [0.2, 0.25) is 5.91 Å². The zero-order valence-electron chi connectivity index (χ0n) is 12.9. The summed E-state index contributed by atoms with van der Waals surface area (Å²) in [5.74, 6) is -0.293. The molecule has 0 aromatic carbocycles. The van der Waals surface area contributed by atoms with Gasteiger partial charge in [-0.3, -0.25) is 9.59 Å². The highest BCUT2D eigenvalue weighted by molar-refractivity contribution is 5.76. The molecule has 0 aromatic heterocycles. The van der Waals surface area contributed by atoms with Gasteiger partial charge in [0.05, 0.1) is 12.1 Å². The highest BCUT2D eigenvalue weighted by atomic mass is 16.6. The number of aliphatic hydroxyl groups excluding tert-OH is 1. The Morgan fingerprint density at radius 2 is 1.70 bits per heavy atom. The van der Waals surface area contributed by atoms with Crippen LogP contribution in [-0.2, 0) is 14.3 Å². The maximum atomic E-state index is 11.5. The molecular weight excluding hydrogens is 262 g/mol. The summed E-state index contributed by atoms with van der Waals surface area (Å²) < 4.78 is 5.40. The van der Waals surface area contributed by atoms with Gasteiger partial charge in [0, 0.05) is 13.3 Å². The lowest BCUT2D eigenvalue weighted by Gasteiger charge is -2.41. The molecule has 5 atom stereocenters. The molecule has 1 aliphatic heterocycles. The van der Waals surface area contributed by atoms with Crippen LogP contribution in [0.25, 0.3) is 0 Å². The first kappa shape index (κ1) is 18.9. The summed E-state index contributed by atoms with van der Waals surface area (Å²) in [5, 5.41) is 20.1. The first-order chi connectivity index (χ1) is 9.20. The minimum absolute atomic E-state index is 0.0104. The molecule has 6 heteroatoms. The van der Waals surface area contributed by atoms with E-state index in [-0.39, 0.29) is 24.0 Å². The molecule has 3 N–H and O–H groups in total. The standard InChI is InChI=1S/C12H23NO3.C2H4O2/c1-5-6-10(14)13-11-8(3)7(2)9(4)16-12(11)15;1-2(3)4/h7-9,11-12,15H,5-6H2,1-4H3,(H,13,14);1H3,(H,3,4)/t7-,8-,9?,11?,12?;/m0./s1. The molecule has 1 amide bonds. The molecule has 20 heavy (non-hydrogen) atoms. The molecule has 6 nitrogen and oxygen atoms in total. The number of hydrogen-bond acceptors (Lipinski definition) is 4. The van der Waals surface area contributed by atoms with Gasteiger partial charge >= 0.3 is 0 Å². The van der Waals surface area contributed by atoms with Crippen LogP contribution in [0, 0.1) is 11.8 Å². The largest absolute Gasteiger partial charge is 0.481 e. The van der Waals surface area contributed by atoms with Gasteiger partial charge in [-0.05, 0) is 25.2 Å². The SMILES string of the molecule is CC(=O)O.CCCC(=O)NC1C(O)OC(C)[C@@H](C)[C@@H]1C. The van der Waals surface area contributed by atoms with E-state index in [2.05, 4.69) is 12.2 Å². The second kappa shape index (κ2) is 8.92. The number of carbonyl (C=O) groups is 2. The van der Waals surface area contributed by atoms with Crippen molar-refractivity contribution >= 4 is 11.9 Å². The summed E-state index contributed by atoms with van der Waals surface area (Å²) in [6.45, 7) is 9.12. The Balaban J connectivity index is 0.000000796. The van der Waals surface area contributed by atoms with Crippen LogP contribution in [-0.4, -0.2) is 40.5 Å². The predicted octanol–water partition coefficient (Wildman–Crippen LogP) is 1.37. The topological polar surface area (TPSA) is 95.9 Å². The minimum Gasteiger partial charge on any atom is -0.481 e. The van der Waals surface area contributed by atoms with E-state index in [1.165, 1.54) is 0 Å². The van der Waals surface area contributed by atoms with Crippen molar-refractivity contribution in [2.24, 2.45) is 11.8 Å². The van der Waals surface area contributed by atoms with Crippen LogP contribution in [0.3, 0.4) is 0 Å². The van der Waals surface area contributed by atoms with E-state index in [1.807, 2.05) is 20.8 Å². The molecule has 3 unspecified atom stereocenters. The van der Waals surface area contributed by atoms with Crippen molar-refractivity contribution in [3.63, 3.8) is 0 Å². The third-order valence-corrected chi connectivity index (χ3v) is 3.60. The van der Waals surface area contributed by atoms with Crippen LogP contribution < -0.4 is 5.32 Å². The summed E-state index contributed by atoms with van der Waals surface area (Å²) in [6, 6.07) is -0.287. The van der Waals surface area contributed by atoms with Gasteiger partial charge in [-0.25, -0.2) is 0 Å². The molecule has 0 saturated carbocycles. The number of nitrogens with one attached hydrogen (secondary N) is 1. The van der Waals surface area contributed by atoms with Gasteiger partial charge in [-0.15, -0.1) is 0 Å². The van der Waals surface area contributed by atoms with Crippen molar-refractivity contribution in [1.82, 2.24) is 5.32 Å². The molecule has 0 spiro atoms. The molecule has 0 aromatic rings. The van der Waals surface area contributed by atoms with Gasteiger partial charge in [0.25, 0.3) is 5.97 Å². The smallest absolute Gasteiger partial charge is 0.300 e. The Bertz CT molecular complexity index is 317. The monoisotopic (exact) mass is 289 g/mol. The average molecular weight is 289 g/mol. The van der Waals surface area contributed by atoms with Crippen LogP contribution in [0.1, 0.15) is 47.5 Å². The number of carboxylic acid groups (broad SMARTS) is 1. The average Bonchev–Trinajstić information content (AvgIpc) is 2.32. The van der Waals surface area contributed by atoms with Crippen molar-refractivity contribution < 1.29 is 24.5 Å². The normalized spacial score (nSPS) is 32.8. The van der Waals surface area contributed by atoms with Crippen molar-refractivity contribution in [3.8, 4) is 0 Å². The highest BCUT2D eigenvalue weighted by Gasteiger charge is 2.39. The van der Waals surface area contributed by atoms with Crippen molar-refractivity contribution in [2.45, 2.75) is 65.9 Å². The fraction of sp³-hybridized carbons (Fsp3) is 0.857. The van der Waals surface area contributed by atoms with Crippen LogP contribution in [0.15, 0.2) is 0 Å². The van der Waals surface area contributed by atoms with E-state index in [1.54, 1.807) is 0 Å². The molecular formula is C14H27NO5. The second-order valence-electron chi connectivity index (χ2n) is 5.31. The van der Waals surface area contributed by atoms with E-state index in [4.69, 9.17) is 14.6 Å². The highest BCUT2D eigenvalue weighted by Crippen LogP contribution is 2.29. The van der Waals surface area contributed by atoms with Crippen molar-refractivity contribution in [1.29, 1.82) is 0 Å². The van der Waals surface area contributed by atoms with E-state index >= 15 is 0 Å². The molecule has 0 bridgehead atoms. The lowest BCUT2D eigenvalue weighted by atomic mass is 9.82. The maximum absolute atomic E-state index is 11.5. The van der Waals surface area contributed by atoms with E-state index < -0.39 is 12.3 Å². The Hall–Kier alpha value is -1.14. The summed E-state index contributed by atoms with van der Waals surface area (Å²) in [4.78, 5) is 20.5. The molecule has 1 fully saturated rings. The number of aliphatic carboxylic acids is 1. The van der Waals surface area contributed by atoms with E-state index in [0.717, 1.165) is 13.3 Å². The van der Waals surface area contributed by atoms with Crippen LogP contribution in [0.4, 0.5) is 0 Å². The molecule has 1 saturated heterocycles. The molecule has 1 rings (SSSR count). The number of amides is 1. The third kappa shape index (κ3) is 6.34. The summed E-state index contributed by atoms with van der Waals surface area (Å²) >= 11 is 0. The van der Waals surface area contributed by atoms with Gasteiger partial charge in [-0.1, -0.05) is 20.8 Å². The zero-order valence-corrected chi connectivity index (χ0v) is 12.9. The van der Waals surface area contributed by atoms with Gasteiger partial charge in [-0.2, -0.15) is 0 Å².